The van der Waals surface area contributed by atoms with Crippen LogP contribution in [-0.2, 0) is 11.3 Å². The second-order valence-electron chi connectivity index (χ2n) is 13.2. The highest BCUT2D eigenvalue weighted by Gasteiger charge is 2.79. The molecular formula is C31H38F5NO4S. The Morgan fingerprint density at radius 2 is 1.67 bits per heavy atom. The van der Waals surface area contributed by atoms with Crippen molar-refractivity contribution in [3.8, 4) is 0 Å². The first-order valence-corrected chi connectivity index (χ1v) is 16.6. The van der Waals surface area contributed by atoms with Crippen LogP contribution in [-0.4, -0.2) is 67.2 Å². The molecular weight excluding hydrogens is 577 g/mol. The number of fused-ring (bicyclic) bond motifs is 4. The monoisotopic (exact) mass is 615 g/mol. The Morgan fingerprint density at radius 3 is 2.31 bits per heavy atom. The molecule has 1 aromatic carbocycles. The zero-order valence-corrected chi connectivity index (χ0v) is 24.4. The molecule has 0 unspecified atom stereocenters. The number of benzene rings is 1. The van der Waals surface area contributed by atoms with Gasteiger partial charge in [0.05, 0.1) is 11.5 Å². The molecule has 3 fully saturated rings. The van der Waals surface area contributed by atoms with Crippen LogP contribution in [0.3, 0.4) is 0 Å². The highest BCUT2D eigenvalue weighted by Crippen LogP contribution is 2.70. The minimum atomic E-state index is -5.87. The molecule has 42 heavy (non-hydrogen) atoms. The van der Waals surface area contributed by atoms with E-state index in [1.807, 2.05) is 24.3 Å². The number of alkyl halides is 5. The molecule has 5 aliphatic rings. The molecule has 1 saturated heterocycles. The summed E-state index contributed by atoms with van der Waals surface area (Å²) in [7, 11) is -2.51. The van der Waals surface area contributed by atoms with Crippen LogP contribution in [0.5, 0.6) is 0 Å². The molecule has 0 bridgehead atoms. The van der Waals surface area contributed by atoms with Gasteiger partial charge in [-0.05, 0) is 78.7 Å². The first-order chi connectivity index (χ1) is 19.6. The van der Waals surface area contributed by atoms with Crippen LogP contribution in [0.15, 0.2) is 47.1 Å². The van der Waals surface area contributed by atoms with Crippen LogP contribution in [0.25, 0.3) is 0 Å². The van der Waals surface area contributed by atoms with E-state index in [0.29, 0.717) is 56.8 Å². The minimum absolute atomic E-state index is 0.0419. The Labute approximate surface area is 244 Å². The smallest absolute Gasteiger partial charge is 0.383 e. The van der Waals surface area contributed by atoms with E-state index in [0.717, 1.165) is 27.8 Å². The Balaban J connectivity index is 1.38. The summed E-state index contributed by atoms with van der Waals surface area (Å²) >= 11 is 0. The van der Waals surface area contributed by atoms with E-state index in [2.05, 4.69) is 4.90 Å². The van der Waals surface area contributed by atoms with Gasteiger partial charge in [-0.1, -0.05) is 36.8 Å². The van der Waals surface area contributed by atoms with Crippen molar-refractivity contribution < 1.29 is 41.0 Å². The molecule has 0 spiro atoms. The molecule has 4 aliphatic carbocycles. The lowest BCUT2D eigenvalue weighted by atomic mass is 9.50. The highest BCUT2D eigenvalue weighted by molar-refractivity contribution is 8.24. The number of nitrogens with zero attached hydrogens (tertiary/aromatic N) is 1. The maximum absolute atomic E-state index is 15.2. The standard InChI is InChI=1S/C31H38F5NO4S/c1-28-17-25(20-4-2-19(3-5-20)18-37-12-14-42(40,41)15-13-37)27-23-9-7-22(38)16-21(23)6-8-24(27)26(28)10-11-29(28,39)30(32,33)31(34,35)36/h2-5,16,24-26,39-41H,6-15,17-18H2,1H3/t24-,25+,26-,28-,29-/m0/s1. The SMILES string of the molecule is C[C@]12C[C@H](c3ccc(CN4CCS(O)(O)CC4)cc3)C3=C4CCC(=O)C=C4CC[C@H]3[C@@H]1CC[C@@]2(O)C(F)(F)C(F)(F)F. The van der Waals surface area contributed by atoms with Crippen LogP contribution < -0.4 is 0 Å². The minimum Gasteiger partial charge on any atom is -0.383 e. The molecule has 0 amide bonds. The van der Waals surface area contributed by atoms with Gasteiger partial charge in [-0.2, -0.15) is 32.5 Å². The quantitative estimate of drug-likeness (QED) is 0.316. The predicted octanol–water partition coefficient (Wildman–Crippen LogP) is 7.08. The van der Waals surface area contributed by atoms with Gasteiger partial charge in [0.2, 0.25) is 0 Å². The number of carbonyl (C=O) groups excluding carboxylic acids is 1. The summed E-state index contributed by atoms with van der Waals surface area (Å²) < 4.78 is 91.4. The van der Waals surface area contributed by atoms with E-state index in [4.69, 9.17) is 0 Å². The normalized spacial score (nSPS) is 36.2. The second kappa shape index (κ2) is 10.1. The first-order valence-electron chi connectivity index (χ1n) is 14.7. The highest BCUT2D eigenvalue weighted by atomic mass is 32.3. The molecule has 5 nitrogen and oxygen atoms in total. The van der Waals surface area contributed by atoms with Crippen molar-refractivity contribution in [2.24, 2.45) is 17.3 Å². The lowest BCUT2D eigenvalue weighted by molar-refractivity contribution is -0.362. The number of carbonyl (C=O) groups is 1. The van der Waals surface area contributed by atoms with Crippen LogP contribution in [0, 0.1) is 17.3 Å². The van der Waals surface area contributed by atoms with Crippen LogP contribution in [0.2, 0.25) is 0 Å². The summed E-state index contributed by atoms with van der Waals surface area (Å²) in [6.07, 6.45) is -2.77. The van der Waals surface area contributed by atoms with Gasteiger partial charge in [-0.25, -0.2) is 0 Å². The summed E-state index contributed by atoms with van der Waals surface area (Å²) in [4.78, 5) is 14.4. The molecule has 2 saturated carbocycles. The predicted molar refractivity (Wildman–Crippen MR) is 151 cm³/mol. The fourth-order valence-corrected chi connectivity index (χ4v) is 10.1. The van der Waals surface area contributed by atoms with Crippen LogP contribution >= 0.6 is 10.6 Å². The third-order valence-electron chi connectivity index (χ3n) is 11.0. The Kier molecular flexibility index (Phi) is 7.29. The Hall–Kier alpha value is -1.79. The van der Waals surface area contributed by atoms with Crippen molar-refractivity contribution in [3.63, 3.8) is 0 Å². The van der Waals surface area contributed by atoms with Gasteiger partial charge in [0.25, 0.3) is 0 Å². The number of hydrogen-bond donors (Lipinski definition) is 3. The van der Waals surface area contributed by atoms with Crippen LogP contribution in [0.4, 0.5) is 22.0 Å². The van der Waals surface area contributed by atoms with Gasteiger partial charge < -0.3 is 5.11 Å². The topological polar surface area (TPSA) is 81.0 Å². The zero-order valence-electron chi connectivity index (χ0n) is 23.6. The molecule has 11 heteroatoms. The molecule has 6 rings (SSSR count). The molecule has 232 valence electrons. The van der Waals surface area contributed by atoms with Gasteiger partial charge in [0.1, 0.15) is 5.60 Å². The number of halogens is 5. The second-order valence-corrected chi connectivity index (χ2v) is 15.6. The third-order valence-corrected chi connectivity index (χ3v) is 12.7. The van der Waals surface area contributed by atoms with E-state index in [1.54, 1.807) is 6.08 Å². The van der Waals surface area contributed by atoms with Crippen molar-refractivity contribution >= 4 is 16.4 Å². The number of allylic oxidation sites excluding steroid dienone is 4. The number of aliphatic hydroxyl groups is 1. The van der Waals surface area contributed by atoms with Gasteiger partial charge in [-0.15, -0.1) is 0 Å². The summed E-state index contributed by atoms with van der Waals surface area (Å²) in [5.74, 6) is -5.79. The van der Waals surface area contributed by atoms with Gasteiger partial charge in [0.15, 0.2) is 5.78 Å². The van der Waals surface area contributed by atoms with Gasteiger partial charge in [0, 0.05) is 37.4 Å². The van der Waals surface area contributed by atoms with Crippen molar-refractivity contribution in [3.05, 3.63) is 58.2 Å². The maximum atomic E-state index is 15.2. The van der Waals surface area contributed by atoms with E-state index >= 15 is 8.78 Å². The van der Waals surface area contributed by atoms with E-state index in [9.17, 15) is 32.2 Å². The van der Waals surface area contributed by atoms with Crippen molar-refractivity contribution in [2.75, 3.05) is 24.6 Å². The summed E-state index contributed by atoms with van der Waals surface area (Å²) in [5, 5.41) is 11.4. The largest absolute Gasteiger partial charge is 0.456 e. The molecule has 0 radical (unpaired) electrons. The van der Waals surface area contributed by atoms with E-state index < -0.39 is 52.0 Å². The molecule has 0 aromatic heterocycles. The Bertz CT molecular complexity index is 1320. The maximum Gasteiger partial charge on any atom is 0.456 e. The summed E-state index contributed by atoms with van der Waals surface area (Å²) in [5.41, 5.74) is -0.0504. The fraction of sp³-hybridized carbons (Fsp3) is 0.645. The Morgan fingerprint density at radius 1 is 1.00 bits per heavy atom. The molecule has 5 atom stereocenters. The van der Waals surface area contributed by atoms with Gasteiger partial charge >= 0.3 is 12.1 Å². The fourth-order valence-electron chi connectivity index (χ4n) is 8.75. The molecule has 1 aliphatic heterocycles. The van der Waals surface area contributed by atoms with Crippen LogP contribution in [0.1, 0.15) is 68.9 Å². The number of ketones is 1. The average molecular weight is 616 g/mol. The van der Waals surface area contributed by atoms with Crippen molar-refractivity contribution in [1.82, 2.24) is 4.90 Å². The average Bonchev–Trinajstić information content (AvgIpc) is 3.20. The zero-order chi connectivity index (χ0) is 30.3. The van der Waals surface area contributed by atoms with E-state index in [1.165, 1.54) is 6.92 Å². The van der Waals surface area contributed by atoms with Crippen molar-refractivity contribution in [1.29, 1.82) is 0 Å². The lowest BCUT2D eigenvalue weighted by Crippen LogP contribution is -2.65. The van der Waals surface area contributed by atoms with Crippen molar-refractivity contribution in [2.45, 2.75) is 82.0 Å². The summed E-state index contributed by atoms with van der Waals surface area (Å²) in [6.45, 7) is 3.15. The molecule has 1 aromatic rings. The first kappa shape index (κ1) is 30.2. The molecule has 3 N–H and O–H groups in total. The molecule has 1 heterocycles. The number of hydrogen-bond acceptors (Lipinski definition) is 5. The van der Waals surface area contributed by atoms with E-state index in [-0.39, 0.29) is 24.5 Å². The summed E-state index contributed by atoms with van der Waals surface area (Å²) in [6, 6.07) is 7.69. The lowest BCUT2D eigenvalue weighted by Gasteiger charge is -2.56. The number of rotatable bonds is 4. The third kappa shape index (κ3) is 4.69. The van der Waals surface area contributed by atoms with Gasteiger partial charge in [-0.3, -0.25) is 18.8 Å².